The molecule has 0 aliphatic carbocycles. The highest BCUT2D eigenvalue weighted by atomic mass is 32.1. The predicted octanol–water partition coefficient (Wildman–Crippen LogP) is 3.12. The first-order valence-corrected chi connectivity index (χ1v) is 8.12. The number of benzene rings is 1. The van der Waals surface area contributed by atoms with Crippen LogP contribution < -0.4 is 5.32 Å². The summed E-state index contributed by atoms with van der Waals surface area (Å²) in [4.78, 5) is 4.70. The Morgan fingerprint density at radius 3 is 3.00 bits per heavy atom. The SMILES string of the molecule is c1ccc(-c2nc(CCNCC3CCCO3)cs2)cc1. The summed E-state index contributed by atoms with van der Waals surface area (Å²) in [5.41, 5.74) is 2.38. The van der Waals surface area contributed by atoms with Gasteiger partial charge < -0.3 is 10.1 Å². The molecular weight excluding hydrogens is 268 g/mol. The quantitative estimate of drug-likeness (QED) is 0.829. The minimum atomic E-state index is 0.422. The Bertz CT molecular complexity index is 520. The largest absolute Gasteiger partial charge is 0.377 e. The standard InChI is InChI=1S/C16H20N2OS/c1-2-5-13(6-3-1)16-18-14(12-20-16)8-9-17-11-15-7-4-10-19-15/h1-3,5-6,12,15,17H,4,7-11H2. The van der Waals surface area contributed by atoms with Crippen LogP contribution in [0.5, 0.6) is 0 Å². The Balaban J connectivity index is 1.45. The van der Waals surface area contributed by atoms with Gasteiger partial charge in [-0.2, -0.15) is 0 Å². The predicted molar refractivity (Wildman–Crippen MR) is 83.1 cm³/mol. The van der Waals surface area contributed by atoms with E-state index in [1.165, 1.54) is 24.1 Å². The fraction of sp³-hybridized carbons (Fsp3) is 0.438. The third-order valence-electron chi connectivity index (χ3n) is 3.53. The van der Waals surface area contributed by atoms with Crippen LogP contribution in [0.25, 0.3) is 10.6 Å². The zero-order valence-electron chi connectivity index (χ0n) is 11.5. The van der Waals surface area contributed by atoms with Crippen LogP contribution >= 0.6 is 11.3 Å². The molecular formula is C16H20N2OS. The van der Waals surface area contributed by atoms with Gasteiger partial charge >= 0.3 is 0 Å². The average Bonchev–Trinajstić information content (AvgIpc) is 3.16. The van der Waals surface area contributed by atoms with Crippen LogP contribution in [0, 0.1) is 0 Å². The van der Waals surface area contributed by atoms with Gasteiger partial charge in [0, 0.05) is 37.1 Å². The molecule has 2 aromatic rings. The van der Waals surface area contributed by atoms with Gasteiger partial charge in [0.05, 0.1) is 11.8 Å². The lowest BCUT2D eigenvalue weighted by Gasteiger charge is -2.09. The van der Waals surface area contributed by atoms with E-state index in [0.717, 1.165) is 31.1 Å². The maximum Gasteiger partial charge on any atom is 0.123 e. The summed E-state index contributed by atoms with van der Waals surface area (Å²) in [7, 11) is 0. The van der Waals surface area contributed by atoms with E-state index in [1.54, 1.807) is 11.3 Å². The van der Waals surface area contributed by atoms with Crippen LogP contribution in [0.15, 0.2) is 35.7 Å². The van der Waals surface area contributed by atoms with Gasteiger partial charge in [-0.1, -0.05) is 30.3 Å². The second-order valence-corrected chi connectivity index (χ2v) is 5.96. The van der Waals surface area contributed by atoms with Gasteiger partial charge in [-0.15, -0.1) is 11.3 Å². The lowest BCUT2D eigenvalue weighted by molar-refractivity contribution is 0.110. The van der Waals surface area contributed by atoms with Crippen molar-refractivity contribution in [3.63, 3.8) is 0 Å². The van der Waals surface area contributed by atoms with Gasteiger partial charge in [-0.05, 0) is 12.8 Å². The van der Waals surface area contributed by atoms with E-state index < -0.39 is 0 Å². The van der Waals surface area contributed by atoms with Crippen LogP contribution in [-0.2, 0) is 11.2 Å². The molecule has 1 aromatic carbocycles. The van der Waals surface area contributed by atoms with Gasteiger partial charge in [0.25, 0.3) is 0 Å². The molecule has 0 saturated carbocycles. The van der Waals surface area contributed by atoms with E-state index in [-0.39, 0.29) is 0 Å². The summed E-state index contributed by atoms with van der Waals surface area (Å²) >= 11 is 1.72. The first-order chi connectivity index (χ1) is 9.92. The zero-order valence-corrected chi connectivity index (χ0v) is 12.4. The third-order valence-corrected chi connectivity index (χ3v) is 4.47. The highest BCUT2D eigenvalue weighted by molar-refractivity contribution is 7.13. The molecule has 1 atom stereocenters. The summed E-state index contributed by atoms with van der Waals surface area (Å²) in [5, 5.41) is 6.74. The van der Waals surface area contributed by atoms with Gasteiger partial charge in [0.1, 0.15) is 5.01 Å². The van der Waals surface area contributed by atoms with E-state index in [0.29, 0.717) is 6.10 Å². The maximum absolute atomic E-state index is 5.59. The summed E-state index contributed by atoms with van der Waals surface area (Å²) in [6, 6.07) is 10.4. The molecule has 1 unspecified atom stereocenters. The monoisotopic (exact) mass is 288 g/mol. The van der Waals surface area contributed by atoms with E-state index in [4.69, 9.17) is 9.72 Å². The van der Waals surface area contributed by atoms with Crippen LogP contribution in [0.4, 0.5) is 0 Å². The first kappa shape index (κ1) is 13.7. The number of nitrogens with zero attached hydrogens (tertiary/aromatic N) is 1. The van der Waals surface area contributed by atoms with Crippen LogP contribution in [0.2, 0.25) is 0 Å². The lowest BCUT2D eigenvalue weighted by Crippen LogP contribution is -2.27. The molecule has 3 rings (SSSR count). The number of hydrogen-bond acceptors (Lipinski definition) is 4. The number of rotatable bonds is 6. The molecule has 0 spiro atoms. The smallest absolute Gasteiger partial charge is 0.123 e. The molecule has 1 saturated heterocycles. The van der Waals surface area contributed by atoms with Crippen molar-refractivity contribution in [3.8, 4) is 10.6 Å². The van der Waals surface area contributed by atoms with Crippen molar-refractivity contribution in [2.24, 2.45) is 0 Å². The summed E-state index contributed by atoms with van der Waals surface area (Å²) in [6.45, 7) is 2.87. The molecule has 1 aliphatic rings. The fourth-order valence-corrected chi connectivity index (χ4v) is 3.28. The van der Waals surface area contributed by atoms with Crippen molar-refractivity contribution in [1.29, 1.82) is 0 Å². The van der Waals surface area contributed by atoms with Crippen molar-refractivity contribution in [1.82, 2.24) is 10.3 Å². The molecule has 1 fully saturated rings. The lowest BCUT2D eigenvalue weighted by atomic mass is 10.2. The highest BCUT2D eigenvalue weighted by Gasteiger charge is 2.14. The molecule has 1 aliphatic heterocycles. The van der Waals surface area contributed by atoms with E-state index in [9.17, 15) is 0 Å². The number of hydrogen-bond donors (Lipinski definition) is 1. The Labute approximate surface area is 124 Å². The van der Waals surface area contributed by atoms with Crippen molar-refractivity contribution in [2.75, 3.05) is 19.7 Å². The van der Waals surface area contributed by atoms with E-state index in [1.807, 2.05) is 6.07 Å². The molecule has 2 heterocycles. The van der Waals surface area contributed by atoms with Crippen LogP contribution in [-0.4, -0.2) is 30.8 Å². The van der Waals surface area contributed by atoms with Crippen molar-refractivity contribution in [3.05, 3.63) is 41.4 Å². The van der Waals surface area contributed by atoms with E-state index >= 15 is 0 Å². The molecule has 1 N–H and O–H groups in total. The van der Waals surface area contributed by atoms with Crippen molar-refractivity contribution >= 4 is 11.3 Å². The zero-order chi connectivity index (χ0) is 13.6. The average molecular weight is 288 g/mol. The normalized spacial score (nSPS) is 18.5. The Morgan fingerprint density at radius 1 is 1.30 bits per heavy atom. The van der Waals surface area contributed by atoms with Crippen LogP contribution in [0.1, 0.15) is 18.5 Å². The summed E-state index contributed by atoms with van der Waals surface area (Å²) in [5.74, 6) is 0. The summed E-state index contributed by atoms with van der Waals surface area (Å²) < 4.78 is 5.59. The molecule has 3 nitrogen and oxygen atoms in total. The summed E-state index contributed by atoms with van der Waals surface area (Å²) in [6.07, 6.45) is 3.81. The molecule has 106 valence electrons. The molecule has 20 heavy (non-hydrogen) atoms. The maximum atomic E-state index is 5.59. The number of ether oxygens (including phenoxy) is 1. The second-order valence-electron chi connectivity index (χ2n) is 5.10. The molecule has 4 heteroatoms. The molecule has 0 radical (unpaired) electrons. The Hall–Kier alpha value is -1.23. The molecule has 0 amide bonds. The highest BCUT2D eigenvalue weighted by Crippen LogP contribution is 2.23. The Kier molecular flexibility index (Phi) is 4.79. The second kappa shape index (κ2) is 6.97. The third kappa shape index (κ3) is 3.66. The van der Waals surface area contributed by atoms with Crippen LogP contribution in [0.3, 0.4) is 0 Å². The number of nitrogens with one attached hydrogen (secondary N) is 1. The topological polar surface area (TPSA) is 34.2 Å². The minimum absolute atomic E-state index is 0.422. The van der Waals surface area contributed by atoms with Gasteiger partial charge in [-0.25, -0.2) is 4.98 Å². The number of aromatic nitrogens is 1. The van der Waals surface area contributed by atoms with E-state index in [2.05, 4.69) is 35.0 Å². The minimum Gasteiger partial charge on any atom is -0.377 e. The fourth-order valence-electron chi connectivity index (χ4n) is 2.42. The van der Waals surface area contributed by atoms with Gasteiger partial charge in [-0.3, -0.25) is 0 Å². The van der Waals surface area contributed by atoms with Crippen molar-refractivity contribution in [2.45, 2.75) is 25.4 Å². The first-order valence-electron chi connectivity index (χ1n) is 7.24. The number of thiazole rings is 1. The van der Waals surface area contributed by atoms with Crippen molar-refractivity contribution < 1.29 is 4.74 Å². The van der Waals surface area contributed by atoms with Gasteiger partial charge in [0.2, 0.25) is 0 Å². The molecule has 0 bridgehead atoms. The Morgan fingerprint density at radius 2 is 2.20 bits per heavy atom. The molecule has 1 aromatic heterocycles. The van der Waals surface area contributed by atoms with Gasteiger partial charge in [0.15, 0.2) is 0 Å².